The van der Waals surface area contributed by atoms with Crippen LogP contribution in [0.25, 0.3) is 0 Å². The third-order valence-corrected chi connectivity index (χ3v) is 3.44. The third-order valence-electron chi connectivity index (χ3n) is 3.22. The Balaban J connectivity index is 2.56. The van der Waals surface area contributed by atoms with Crippen molar-refractivity contribution in [3.8, 4) is 11.5 Å². The van der Waals surface area contributed by atoms with Crippen LogP contribution in [0.3, 0.4) is 0 Å². The van der Waals surface area contributed by atoms with Gasteiger partial charge in [-0.25, -0.2) is 0 Å². The Kier molecular flexibility index (Phi) is 4.37. The van der Waals surface area contributed by atoms with Gasteiger partial charge in [-0.2, -0.15) is 0 Å². The molecule has 2 aromatic carbocycles. The number of phenols is 2. The van der Waals surface area contributed by atoms with Gasteiger partial charge in [0.25, 0.3) is 0 Å². The van der Waals surface area contributed by atoms with Crippen molar-refractivity contribution >= 4 is 23.0 Å². The standard InChI is InChI=1S/C14H11ClN2O6/c1-7-2-8(13(18)11(3-7)16(20)21)4-9-5-10(15)6-12(14(9)19)17(22)23/h2-3,5-6,18-19H,4H2,1H3. The number of nitro benzene ring substituents is 2. The highest BCUT2D eigenvalue weighted by atomic mass is 35.5. The van der Waals surface area contributed by atoms with Gasteiger partial charge < -0.3 is 10.2 Å². The van der Waals surface area contributed by atoms with Crippen molar-refractivity contribution < 1.29 is 20.1 Å². The molecule has 0 amide bonds. The van der Waals surface area contributed by atoms with Crippen LogP contribution in [0.2, 0.25) is 5.02 Å². The summed E-state index contributed by atoms with van der Waals surface area (Å²) in [5, 5.41) is 41.8. The minimum atomic E-state index is -0.788. The number of phenolic OH excluding ortho intramolecular Hbond substituents is 2. The fourth-order valence-corrected chi connectivity index (χ4v) is 2.46. The van der Waals surface area contributed by atoms with Crippen molar-refractivity contribution in [1.82, 2.24) is 0 Å². The van der Waals surface area contributed by atoms with Crippen molar-refractivity contribution in [2.24, 2.45) is 0 Å². The zero-order valence-corrected chi connectivity index (χ0v) is 12.6. The third kappa shape index (κ3) is 3.32. The van der Waals surface area contributed by atoms with E-state index in [4.69, 9.17) is 11.6 Å². The molecule has 120 valence electrons. The molecule has 0 aliphatic carbocycles. The normalized spacial score (nSPS) is 10.5. The lowest BCUT2D eigenvalue weighted by Crippen LogP contribution is -1.98. The van der Waals surface area contributed by atoms with Gasteiger partial charge in [0.2, 0.25) is 0 Å². The van der Waals surface area contributed by atoms with E-state index in [-0.39, 0.29) is 22.6 Å². The molecule has 0 unspecified atom stereocenters. The monoisotopic (exact) mass is 338 g/mol. The van der Waals surface area contributed by atoms with Crippen LogP contribution in [0.1, 0.15) is 16.7 Å². The molecule has 0 spiro atoms. The first-order chi connectivity index (χ1) is 10.7. The number of rotatable bonds is 4. The molecule has 0 bridgehead atoms. The highest BCUT2D eigenvalue weighted by Crippen LogP contribution is 2.38. The lowest BCUT2D eigenvalue weighted by atomic mass is 10.00. The molecule has 9 heteroatoms. The number of aryl methyl sites for hydroxylation is 1. The van der Waals surface area contributed by atoms with E-state index in [0.29, 0.717) is 5.56 Å². The second-order valence-corrected chi connectivity index (χ2v) is 5.35. The SMILES string of the molecule is Cc1cc(Cc2cc(Cl)cc([N+](=O)[O-])c2O)c(O)c([N+](=O)[O-])c1. The van der Waals surface area contributed by atoms with Gasteiger partial charge in [0.15, 0.2) is 11.5 Å². The molecule has 0 aliphatic rings. The van der Waals surface area contributed by atoms with Crippen molar-refractivity contribution in [3.63, 3.8) is 0 Å². The summed E-state index contributed by atoms with van der Waals surface area (Å²) >= 11 is 5.80. The van der Waals surface area contributed by atoms with Crippen molar-refractivity contribution in [3.05, 3.63) is 66.2 Å². The summed E-state index contributed by atoms with van der Waals surface area (Å²) < 4.78 is 0. The maximum absolute atomic E-state index is 10.9. The summed E-state index contributed by atoms with van der Waals surface area (Å²) in [6.07, 6.45) is -0.151. The molecule has 0 atom stereocenters. The van der Waals surface area contributed by atoms with Gasteiger partial charge in [-0.15, -0.1) is 0 Å². The van der Waals surface area contributed by atoms with Crippen LogP contribution < -0.4 is 0 Å². The minimum absolute atomic E-state index is 0.0335. The van der Waals surface area contributed by atoms with Crippen LogP contribution in [0.5, 0.6) is 11.5 Å². The van der Waals surface area contributed by atoms with E-state index in [2.05, 4.69) is 0 Å². The van der Waals surface area contributed by atoms with Gasteiger partial charge in [-0.1, -0.05) is 17.7 Å². The first-order valence-corrected chi connectivity index (χ1v) is 6.71. The van der Waals surface area contributed by atoms with Crippen LogP contribution in [-0.4, -0.2) is 20.1 Å². The molecule has 2 N–H and O–H groups in total. The fraction of sp³-hybridized carbons (Fsp3) is 0.143. The molecule has 0 saturated heterocycles. The average molecular weight is 339 g/mol. The Hall–Kier alpha value is -2.87. The lowest BCUT2D eigenvalue weighted by Gasteiger charge is -2.09. The molecule has 0 saturated carbocycles. The van der Waals surface area contributed by atoms with Gasteiger partial charge >= 0.3 is 11.4 Å². The number of hydrogen-bond acceptors (Lipinski definition) is 6. The topological polar surface area (TPSA) is 127 Å². The van der Waals surface area contributed by atoms with Crippen LogP contribution in [0.4, 0.5) is 11.4 Å². The summed E-state index contributed by atoms with van der Waals surface area (Å²) in [6.45, 7) is 1.61. The molecule has 0 heterocycles. The summed E-state index contributed by atoms with van der Waals surface area (Å²) in [6, 6.07) is 5.00. The van der Waals surface area contributed by atoms with Crippen molar-refractivity contribution in [2.45, 2.75) is 13.3 Å². The number of hydrogen-bond donors (Lipinski definition) is 2. The Labute approximate surface area is 134 Å². The predicted molar refractivity (Wildman–Crippen MR) is 82.1 cm³/mol. The van der Waals surface area contributed by atoms with Crippen molar-refractivity contribution in [2.75, 3.05) is 0 Å². The predicted octanol–water partition coefficient (Wildman–Crippen LogP) is 3.47. The number of nitro groups is 2. The largest absolute Gasteiger partial charge is 0.502 e. The van der Waals surface area contributed by atoms with E-state index < -0.39 is 32.7 Å². The molecule has 2 aromatic rings. The first kappa shape index (κ1) is 16.5. The highest BCUT2D eigenvalue weighted by Gasteiger charge is 2.22. The van der Waals surface area contributed by atoms with Gasteiger partial charge in [0.05, 0.1) is 9.85 Å². The lowest BCUT2D eigenvalue weighted by molar-refractivity contribution is -0.386. The summed E-state index contributed by atoms with van der Waals surface area (Å²) in [7, 11) is 0. The quantitative estimate of drug-likeness (QED) is 0.649. The zero-order valence-electron chi connectivity index (χ0n) is 11.8. The van der Waals surface area contributed by atoms with Crippen LogP contribution >= 0.6 is 11.6 Å². The van der Waals surface area contributed by atoms with Crippen LogP contribution in [0.15, 0.2) is 24.3 Å². The Morgan fingerprint density at radius 1 is 0.957 bits per heavy atom. The maximum Gasteiger partial charge on any atom is 0.312 e. The number of nitrogens with zero attached hydrogens (tertiary/aromatic N) is 2. The van der Waals surface area contributed by atoms with Crippen LogP contribution in [-0.2, 0) is 6.42 Å². The van der Waals surface area contributed by atoms with E-state index in [1.165, 1.54) is 18.2 Å². The summed E-state index contributed by atoms with van der Waals surface area (Å²) in [4.78, 5) is 20.3. The van der Waals surface area contributed by atoms with Gasteiger partial charge in [-0.3, -0.25) is 20.2 Å². The Bertz CT molecular complexity index is 754. The highest BCUT2D eigenvalue weighted by molar-refractivity contribution is 6.31. The zero-order chi connectivity index (χ0) is 17.3. The second-order valence-electron chi connectivity index (χ2n) is 4.92. The summed E-state index contributed by atoms with van der Waals surface area (Å²) in [5.74, 6) is -1.15. The van der Waals surface area contributed by atoms with Gasteiger partial charge in [0, 0.05) is 34.7 Å². The molecular weight excluding hydrogens is 328 g/mol. The number of halogens is 1. The van der Waals surface area contributed by atoms with Gasteiger partial charge in [0.1, 0.15) is 0 Å². The molecule has 0 aromatic heterocycles. The van der Waals surface area contributed by atoms with Gasteiger partial charge in [-0.05, 0) is 18.6 Å². The van der Waals surface area contributed by atoms with E-state index in [9.17, 15) is 30.4 Å². The molecule has 0 aliphatic heterocycles. The van der Waals surface area contributed by atoms with E-state index in [1.807, 2.05) is 0 Å². The maximum atomic E-state index is 10.9. The second kappa shape index (κ2) is 6.09. The van der Waals surface area contributed by atoms with Crippen molar-refractivity contribution in [1.29, 1.82) is 0 Å². The molecular formula is C14H11ClN2O6. The molecule has 8 nitrogen and oxygen atoms in total. The molecule has 0 radical (unpaired) electrons. The average Bonchev–Trinajstić information content (AvgIpc) is 2.45. The van der Waals surface area contributed by atoms with E-state index in [1.54, 1.807) is 6.92 Å². The Morgan fingerprint density at radius 2 is 1.43 bits per heavy atom. The molecule has 0 fully saturated rings. The number of benzene rings is 2. The Morgan fingerprint density at radius 3 is 1.96 bits per heavy atom. The van der Waals surface area contributed by atoms with E-state index >= 15 is 0 Å². The minimum Gasteiger partial charge on any atom is -0.502 e. The van der Waals surface area contributed by atoms with Crippen LogP contribution in [0, 0.1) is 27.2 Å². The first-order valence-electron chi connectivity index (χ1n) is 6.33. The fourth-order valence-electron chi connectivity index (χ4n) is 2.23. The molecule has 23 heavy (non-hydrogen) atoms. The number of aromatic hydroxyl groups is 2. The summed E-state index contributed by atoms with van der Waals surface area (Å²) in [5.41, 5.74) is -0.284. The smallest absolute Gasteiger partial charge is 0.312 e. The van der Waals surface area contributed by atoms with E-state index in [0.717, 1.165) is 6.07 Å². The molecule has 2 rings (SSSR count).